The Morgan fingerprint density at radius 3 is 2.70 bits per heavy atom. The van der Waals surface area contributed by atoms with Gasteiger partial charge in [-0.2, -0.15) is 4.52 Å². The van der Waals surface area contributed by atoms with Gasteiger partial charge in [0.15, 0.2) is 10.7 Å². The Bertz CT molecular complexity index is 1090. The van der Waals surface area contributed by atoms with E-state index in [1.807, 2.05) is 17.5 Å². The van der Waals surface area contributed by atoms with Gasteiger partial charge in [0, 0.05) is 23.7 Å². The lowest BCUT2D eigenvalue weighted by Crippen LogP contribution is -2.23. The molecule has 3 N–H and O–H groups in total. The number of aryl methyl sites for hydroxylation is 1. The lowest BCUT2D eigenvalue weighted by Gasteiger charge is -2.07. The molecule has 0 atom stereocenters. The van der Waals surface area contributed by atoms with E-state index in [-0.39, 0.29) is 5.91 Å². The Hall–Kier alpha value is -3.26. The molecule has 0 saturated heterocycles. The zero-order chi connectivity index (χ0) is 18.8. The van der Waals surface area contributed by atoms with Gasteiger partial charge in [-0.15, -0.1) is 16.4 Å². The maximum absolute atomic E-state index is 12.5. The van der Waals surface area contributed by atoms with Gasteiger partial charge in [0.1, 0.15) is 5.82 Å². The summed E-state index contributed by atoms with van der Waals surface area (Å²) in [6.45, 7) is 2.56. The summed E-state index contributed by atoms with van der Waals surface area (Å²) < 4.78 is 1.51. The van der Waals surface area contributed by atoms with Crippen LogP contribution >= 0.6 is 11.3 Å². The number of benzene rings is 1. The van der Waals surface area contributed by atoms with E-state index in [1.165, 1.54) is 21.4 Å². The number of aromatic nitrogens is 4. The van der Waals surface area contributed by atoms with Crippen LogP contribution in [0.3, 0.4) is 0 Å². The first kappa shape index (κ1) is 17.2. The molecule has 7 nitrogen and oxygen atoms in total. The molecule has 136 valence electrons. The van der Waals surface area contributed by atoms with E-state index in [4.69, 9.17) is 5.73 Å². The first-order chi connectivity index (χ1) is 13.1. The second-order valence-corrected chi connectivity index (χ2v) is 6.96. The topological polar surface area (TPSA) is 98.2 Å². The van der Waals surface area contributed by atoms with Crippen molar-refractivity contribution in [1.29, 1.82) is 0 Å². The van der Waals surface area contributed by atoms with Crippen LogP contribution in [0.4, 0.5) is 5.82 Å². The van der Waals surface area contributed by atoms with Crippen molar-refractivity contribution < 1.29 is 4.79 Å². The number of rotatable bonds is 5. The van der Waals surface area contributed by atoms with Gasteiger partial charge in [0.05, 0.1) is 0 Å². The number of hydrogen-bond acceptors (Lipinski definition) is 6. The molecule has 1 aromatic carbocycles. The maximum Gasteiger partial charge on any atom is 0.251 e. The fourth-order valence-electron chi connectivity index (χ4n) is 2.74. The molecule has 0 aliphatic rings. The third-order valence-electron chi connectivity index (χ3n) is 4.23. The second kappa shape index (κ2) is 7.16. The maximum atomic E-state index is 12.5. The summed E-state index contributed by atoms with van der Waals surface area (Å²) in [6, 6.07) is 11.5. The standard InChI is InChI=1S/C19H18N6OS/c1-2-12-3-5-13(6-4-12)11-22-18(26)14-9-15(20)25-16(10-14)23-17(24-25)19-21-7-8-27-19/h3-10H,2,11,20H2,1H3,(H,22,26). The third-order valence-corrected chi connectivity index (χ3v) is 5.00. The number of nitrogens with zero attached hydrogens (tertiary/aromatic N) is 4. The van der Waals surface area contributed by atoms with Crippen LogP contribution in [-0.4, -0.2) is 25.5 Å². The average molecular weight is 378 g/mol. The van der Waals surface area contributed by atoms with E-state index in [2.05, 4.69) is 39.4 Å². The highest BCUT2D eigenvalue weighted by Gasteiger charge is 2.14. The Morgan fingerprint density at radius 2 is 2.00 bits per heavy atom. The van der Waals surface area contributed by atoms with Gasteiger partial charge in [-0.1, -0.05) is 31.2 Å². The number of hydrogen-bond donors (Lipinski definition) is 2. The molecule has 0 spiro atoms. The highest BCUT2D eigenvalue weighted by molar-refractivity contribution is 7.13. The fourth-order valence-corrected chi connectivity index (χ4v) is 3.31. The number of pyridine rings is 1. The Balaban J connectivity index is 1.54. The number of thiazole rings is 1. The summed E-state index contributed by atoms with van der Waals surface area (Å²) in [5.41, 5.74) is 9.34. The van der Waals surface area contributed by atoms with E-state index in [1.54, 1.807) is 18.3 Å². The van der Waals surface area contributed by atoms with Crippen molar-refractivity contribution in [2.75, 3.05) is 5.73 Å². The lowest BCUT2D eigenvalue weighted by atomic mass is 10.1. The number of amides is 1. The highest BCUT2D eigenvalue weighted by Crippen LogP contribution is 2.21. The van der Waals surface area contributed by atoms with Crippen molar-refractivity contribution in [2.45, 2.75) is 19.9 Å². The molecule has 3 heterocycles. The summed E-state index contributed by atoms with van der Waals surface area (Å²) in [6.07, 6.45) is 2.69. The lowest BCUT2D eigenvalue weighted by molar-refractivity contribution is 0.0951. The molecule has 0 bridgehead atoms. The number of carbonyl (C=O) groups is 1. The predicted octanol–water partition coefficient (Wildman–Crippen LogP) is 2.93. The normalized spacial score (nSPS) is 11.0. The molecule has 0 radical (unpaired) electrons. The van der Waals surface area contributed by atoms with Gasteiger partial charge in [-0.25, -0.2) is 9.97 Å². The summed E-state index contributed by atoms with van der Waals surface area (Å²) >= 11 is 1.45. The largest absolute Gasteiger partial charge is 0.384 e. The summed E-state index contributed by atoms with van der Waals surface area (Å²) in [5.74, 6) is 0.632. The van der Waals surface area contributed by atoms with Gasteiger partial charge in [-0.05, 0) is 29.7 Å². The average Bonchev–Trinajstić information content (AvgIpc) is 3.36. The number of nitrogens with two attached hydrogens (primary N) is 1. The minimum Gasteiger partial charge on any atom is -0.384 e. The van der Waals surface area contributed by atoms with Crippen molar-refractivity contribution in [3.63, 3.8) is 0 Å². The number of nitrogens with one attached hydrogen (secondary N) is 1. The number of nitrogen functional groups attached to an aromatic ring is 1. The Labute approximate surface area is 159 Å². The molecule has 4 rings (SSSR count). The second-order valence-electron chi connectivity index (χ2n) is 6.06. The van der Waals surface area contributed by atoms with Gasteiger partial charge in [0.25, 0.3) is 5.91 Å². The van der Waals surface area contributed by atoms with Crippen LogP contribution in [0.1, 0.15) is 28.4 Å². The van der Waals surface area contributed by atoms with Gasteiger partial charge in [-0.3, -0.25) is 4.79 Å². The molecule has 1 amide bonds. The molecular formula is C19H18N6OS. The van der Waals surface area contributed by atoms with Gasteiger partial charge in [0.2, 0.25) is 5.82 Å². The third kappa shape index (κ3) is 3.52. The van der Waals surface area contributed by atoms with Crippen LogP contribution in [0.25, 0.3) is 16.5 Å². The summed E-state index contributed by atoms with van der Waals surface area (Å²) in [5, 5.41) is 9.84. The quantitative estimate of drug-likeness (QED) is 0.556. The molecule has 0 fully saturated rings. The molecule has 0 saturated carbocycles. The molecule has 0 aliphatic carbocycles. The molecule has 3 aromatic heterocycles. The first-order valence-corrected chi connectivity index (χ1v) is 9.44. The fraction of sp³-hybridized carbons (Fsp3) is 0.158. The van der Waals surface area contributed by atoms with Crippen LogP contribution in [0.2, 0.25) is 0 Å². The number of anilines is 1. The Morgan fingerprint density at radius 1 is 1.22 bits per heavy atom. The van der Waals surface area contributed by atoms with Crippen LogP contribution in [-0.2, 0) is 13.0 Å². The van der Waals surface area contributed by atoms with Crippen molar-refractivity contribution in [2.24, 2.45) is 0 Å². The van der Waals surface area contributed by atoms with Crippen molar-refractivity contribution >= 4 is 28.7 Å². The van der Waals surface area contributed by atoms with Crippen LogP contribution in [0.5, 0.6) is 0 Å². The monoisotopic (exact) mass is 378 g/mol. The molecule has 0 aliphatic heterocycles. The zero-order valence-electron chi connectivity index (χ0n) is 14.7. The van der Waals surface area contributed by atoms with Crippen LogP contribution in [0, 0.1) is 0 Å². The smallest absolute Gasteiger partial charge is 0.251 e. The molecule has 27 heavy (non-hydrogen) atoms. The SMILES string of the molecule is CCc1ccc(CNC(=O)c2cc(N)n3nc(-c4nccs4)nc3c2)cc1. The van der Waals surface area contributed by atoms with Crippen molar-refractivity contribution in [3.05, 3.63) is 64.7 Å². The minimum absolute atomic E-state index is 0.206. The van der Waals surface area contributed by atoms with E-state index < -0.39 is 0 Å². The molecule has 4 aromatic rings. The highest BCUT2D eigenvalue weighted by atomic mass is 32.1. The van der Waals surface area contributed by atoms with E-state index in [0.29, 0.717) is 34.4 Å². The predicted molar refractivity (Wildman–Crippen MR) is 105 cm³/mol. The van der Waals surface area contributed by atoms with E-state index >= 15 is 0 Å². The first-order valence-electron chi connectivity index (χ1n) is 8.56. The Kier molecular flexibility index (Phi) is 4.55. The molecule has 0 unspecified atom stereocenters. The zero-order valence-corrected chi connectivity index (χ0v) is 15.5. The van der Waals surface area contributed by atoms with E-state index in [9.17, 15) is 4.79 Å². The van der Waals surface area contributed by atoms with Crippen LogP contribution < -0.4 is 11.1 Å². The molecule has 8 heteroatoms. The minimum atomic E-state index is -0.206. The van der Waals surface area contributed by atoms with Crippen molar-refractivity contribution in [3.8, 4) is 10.8 Å². The van der Waals surface area contributed by atoms with Gasteiger partial charge >= 0.3 is 0 Å². The summed E-state index contributed by atoms with van der Waals surface area (Å²) in [7, 11) is 0. The van der Waals surface area contributed by atoms with Crippen LogP contribution in [0.15, 0.2) is 48.0 Å². The van der Waals surface area contributed by atoms with E-state index in [0.717, 1.165) is 12.0 Å². The number of fused-ring (bicyclic) bond motifs is 1. The molecular weight excluding hydrogens is 360 g/mol. The van der Waals surface area contributed by atoms with Gasteiger partial charge < -0.3 is 11.1 Å². The number of carbonyl (C=O) groups excluding carboxylic acids is 1. The van der Waals surface area contributed by atoms with Crippen molar-refractivity contribution in [1.82, 2.24) is 24.9 Å². The summed E-state index contributed by atoms with van der Waals surface area (Å²) in [4.78, 5) is 21.2.